The van der Waals surface area contributed by atoms with Crippen molar-refractivity contribution in [3.05, 3.63) is 0 Å². The van der Waals surface area contributed by atoms with Crippen LogP contribution in [0.2, 0.25) is 0 Å². The molecular weight excluding hydrogens is 148 g/mol. The van der Waals surface area contributed by atoms with E-state index < -0.39 is 0 Å². The number of hydrogen-bond donors (Lipinski definition) is 0. The Morgan fingerprint density at radius 1 is 1.25 bits per heavy atom. The molecule has 0 radical (unpaired) electrons. The van der Waals surface area contributed by atoms with Crippen LogP contribution < -0.4 is 0 Å². The van der Waals surface area contributed by atoms with Crippen molar-refractivity contribution in [3.8, 4) is 0 Å². The van der Waals surface area contributed by atoms with Crippen LogP contribution in [0.15, 0.2) is 0 Å². The molecule has 0 aliphatic heterocycles. The van der Waals surface area contributed by atoms with E-state index in [0.29, 0.717) is 17.6 Å². The zero-order chi connectivity index (χ0) is 9.52. The van der Waals surface area contributed by atoms with Gasteiger partial charge < -0.3 is 0 Å². The van der Waals surface area contributed by atoms with Crippen molar-refractivity contribution < 1.29 is 4.79 Å². The third kappa shape index (κ3) is 1.30. The number of Topliss-reactive ketones (excluding diaryl/α,β-unsaturated/α-hetero) is 1. The van der Waals surface area contributed by atoms with Gasteiger partial charge in [-0.1, -0.05) is 34.6 Å². The largest absolute Gasteiger partial charge is 0.299 e. The Hall–Kier alpha value is -0.330. The van der Waals surface area contributed by atoms with Crippen molar-refractivity contribution in [2.75, 3.05) is 0 Å². The summed E-state index contributed by atoms with van der Waals surface area (Å²) in [5.41, 5.74) is 0.189. The monoisotopic (exact) mass is 168 g/mol. The van der Waals surface area contributed by atoms with Crippen LogP contribution in [0, 0.1) is 23.2 Å². The highest BCUT2D eigenvalue weighted by atomic mass is 16.1. The maximum absolute atomic E-state index is 11.6. The second-order valence-corrected chi connectivity index (χ2v) is 4.98. The van der Waals surface area contributed by atoms with Crippen molar-refractivity contribution >= 4 is 5.78 Å². The second kappa shape index (κ2) is 2.86. The van der Waals surface area contributed by atoms with Gasteiger partial charge in [-0.3, -0.25) is 4.79 Å². The highest BCUT2D eigenvalue weighted by molar-refractivity contribution is 5.82. The van der Waals surface area contributed by atoms with Gasteiger partial charge in [-0.25, -0.2) is 0 Å². The smallest absolute Gasteiger partial charge is 0.136 e. The molecule has 1 saturated carbocycles. The lowest BCUT2D eigenvalue weighted by atomic mass is 9.59. The minimum absolute atomic E-state index is 0.189. The van der Waals surface area contributed by atoms with Gasteiger partial charge in [0.05, 0.1) is 0 Å². The van der Waals surface area contributed by atoms with Crippen LogP contribution in [0.3, 0.4) is 0 Å². The Balaban J connectivity index is 2.89. The lowest BCUT2D eigenvalue weighted by molar-refractivity contribution is -0.133. The van der Waals surface area contributed by atoms with Crippen LogP contribution in [-0.2, 0) is 4.79 Å². The number of carbonyl (C=O) groups excluding carboxylic acids is 1. The molecule has 1 fully saturated rings. The molecule has 0 N–H and O–H groups in total. The molecule has 0 aromatic rings. The molecule has 1 aliphatic carbocycles. The molecule has 1 rings (SSSR count). The summed E-state index contributed by atoms with van der Waals surface area (Å²) < 4.78 is 0. The second-order valence-electron chi connectivity index (χ2n) is 4.98. The quantitative estimate of drug-likeness (QED) is 0.543. The SMILES string of the molecule is CC1CC(=O)[C@H](C)C(C)(C)C1C. The van der Waals surface area contributed by atoms with Crippen LogP contribution >= 0.6 is 0 Å². The van der Waals surface area contributed by atoms with E-state index in [2.05, 4.69) is 34.6 Å². The molecule has 0 amide bonds. The lowest BCUT2D eigenvalue weighted by Gasteiger charge is -2.44. The summed E-state index contributed by atoms with van der Waals surface area (Å²) in [7, 11) is 0. The molecule has 2 unspecified atom stereocenters. The van der Waals surface area contributed by atoms with Crippen molar-refractivity contribution in [2.45, 2.75) is 41.0 Å². The van der Waals surface area contributed by atoms with E-state index in [4.69, 9.17) is 0 Å². The molecular formula is C11H20O. The molecule has 1 aliphatic rings. The molecule has 12 heavy (non-hydrogen) atoms. The fourth-order valence-electron chi connectivity index (χ4n) is 2.21. The van der Waals surface area contributed by atoms with E-state index in [1.807, 2.05) is 0 Å². The minimum atomic E-state index is 0.189. The first-order valence-corrected chi connectivity index (χ1v) is 4.90. The van der Waals surface area contributed by atoms with Crippen molar-refractivity contribution in [2.24, 2.45) is 23.2 Å². The summed E-state index contributed by atoms with van der Waals surface area (Å²) >= 11 is 0. The molecule has 0 bridgehead atoms. The first-order chi connectivity index (χ1) is 5.37. The Labute approximate surface area is 75.5 Å². The highest BCUT2D eigenvalue weighted by Crippen LogP contribution is 2.45. The zero-order valence-electron chi connectivity index (χ0n) is 8.85. The van der Waals surface area contributed by atoms with Gasteiger partial charge in [0.25, 0.3) is 0 Å². The number of hydrogen-bond acceptors (Lipinski definition) is 1. The van der Waals surface area contributed by atoms with Crippen LogP contribution in [-0.4, -0.2) is 5.78 Å². The summed E-state index contributed by atoms with van der Waals surface area (Å²) in [6, 6.07) is 0. The molecule has 1 heteroatoms. The van der Waals surface area contributed by atoms with Gasteiger partial charge in [0.1, 0.15) is 5.78 Å². The maximum atomic E-state index is 11.6. The van der Waals surface area contributed by atoms with E-state index in [-0.39, 0.29) is 11.3 Å². The molecule has 0 spiro atoms. The molecule has 70 valence electrons. The molecule has 0 saturated heterocycles. The summed E-state index contributed by atoms with van der Waals surface area (Å²) in [4.78, 5) is 11.6. The van der Waals surface area contributed by atoms with Crippen LogP contribution in [0.25, 0.3) is 0 Å². The van der Waals surface area contributed by atoms with E-state index in [1.54, 1.807) is 0 Å². The molecule has 0 heterocycles. The molecule has 1 nitrogen and oxygen atoms in total. The third-order valence-electron chi connectivity index (χ3n) is 4.15. The van der Waals surface area contributed by atoms with E-state index >= 15 is 0 Å². The first kappa shape index (κ1) is 9.76. The Kier molecular flexibility index (Phi) is 2.33. The standard InChI is InChI=1S/C11H20O/c1-7-6-10(12)9(3)11(4,5)8(7)2/h7-9H,6H2,1-5H3/t7?,8?,9-/m0/s1. The summed E-state index contributed by atoms with van der Waals surface area (Å²) in [6.45, 7) is 11.0. The van der Waals surface area contributed by atoms with Gasteiger partial charge in [-0.15, -0.1) is 0 Å². The topological polar surface area (TPSA) is 17.1 Å². The summed E-state index contributed by atoms with van der Waals surface area (Å²) in [5, 5.41) is 0. The van der Waals surface area contributed by atoms with Crippen LogP contribution in [0.1, 0.15) is 41.0 Å². The van der Waals surface area contributed by atoms with E-state index in [0.717, 1.165) is 6.42 Å². The third-order valence-corrected chi connectivity index (χ3v) is 4.15. The predicted molar refractivity (Wildman–Crippen MR) is 50.9 cm³/mol. The fraction of sp³-hybridized carbons (Fsp3) is 0.909. The number of rotatable bonds is 0. The minimum Gasteiger partial charge on any atom is -0.299 e. The number of carbonyl (C=O) groups is 1. The summed E-state index contributed by atoms with van der Waals surface area (Å²) in [6.07, 6.45) is 0.783. The lowest BCUT2D eigenvalue weighted by Crippen LogP contribution is -2.43. The van der Waals surface area contributed by atoms with Gasteiger partial charge in [0.15, 0.2) is 0 Å². The average molecular weight is 168 g/mol. The summed E-state index contributed by atoms with van der Waals surface area (Å²) in [5.74, 6) is 1.91. The van der Waals surface area contributed by atoms with E-state index in [1.165, 1.54) is 0 Å². The van der Waals surface area contributed by atoms with Crippen molar-refractivity contribution in [1.82, 2.24) is 0 Å². The zero-order valence-corrected chi connectivity index (χ0v) is 8.85. The maximum Gasteiger partial charge on any atom is 0.136 e. The molecule has 3 atom stereocenters. The van der Waals surface area contributed by atoms with Crippen LogP contribution in [0.4, 0.5) is 0 Å². The Morgan fingerprint density at radius 3 is 2.25 bits per heavy atom. The highest BCUT2D eigenvalue weighted by Gasteiger charge is 2.43. The van der Waals surface area contributed by atoms with E-state index in [9.17, 15) is 4.79 Å². The fourth-order valence-corrected chi connectivity index (χ4v) is 2.21. The Morgan fingerprint density at radius 2 is 1.75 bits per heavy atom. The van der Waals surface area contributed by atoms with Gasteiger partial charge >= 0.3 is 0 Å². The Bertz CT molecular complexity index is 193. The van der Waals surface area contributed by atoms with Crippen molar-refractivity contribution in [3.63, 3.8) is 0 Å². The van der Waals surface area contributed by atoms with Crippen LogP contribution in [0.5, 0.6) is 0 Å². The van der Waals surface area contributed by atoms with Gasteiger partial charge in [0.2, 0.25) is 0 Å². The molecule has 0 aromatic heterocycles. The van der Waals surface area contributed by atoms with Crippen molar-refractivity contribution in [1.29, 1.82) is 0 Å². The van der Waals surface area contributed by atoms with Gasteiger partial charge in [-0.05, 0) is 17.3 Å². The molecule has 0 aromatic carbocycles. The average Bonchev–Trinajstić information content (AvgIpc) is 1.99. The predicted octanol–water partition coefficient (Wildman–Crippen LogP) is 2.89. The van der Waals surface area contributed by atoms with Gasteiger partial charge in [0, 0.05) is 12.3 Å². The van der Waals surface area contributed by atoms with Gasteiger partial charge in [-0.2, -0.15) is 0 Å². The first-order valence-electron chi connectivity index (χ1n) is 4.90. The number of ketones is 1. The normalized spacial score (nSPS) is 41.4.